The molecule has 0 radical (unpaired) electrons. The lowest BCUT2D eigenvalue weighted by Crippen LogP contribution is -2.29. The zero-order valence-corrected chi connectivity index (χ0v) is 15.8. The number of aryl methyl sites for hydroxylation is 2. The van der Waals surface area contributed by atoms with Crippen molar-refractivity contribution in [2.24, 2.45) is 0 Å². The van der Waals surface area contributed by atoms with Crippen LogP contribution >= 0.6 is 0 Å². The largest absolute Gasteiger partial charge is 0.345 e. The summed E-state index contributed by atoms with van der Waals surface area (Å²) >= 11 is 0. The van der Waals surface area contributed by atoms with Crippen LogP contribution in [0.2, 0.25) is 0 Å². The first-order chi connectivity index (χ1) is 11.7. The molecule has 0 fully saturated rings. The molecule has 0 unspecified atom stereocenters. The van der Waals surface area contributed by atoms with Gasteiger partial charge in [0.05, 0.1) is 23.5 Å². The molecule has 5 nitrogen and oxygen atoms in total. The van der Waals surface area contributed by atoms with Crippen LogP contribution in [0.25, 0.3) is 0 Å². The third-order valence-corrected chi connectivity index (χ3v) is 4.57. The van der Waals surface area contributed by atoms with Crippen molar-refractivity contribution < 1.29 is 13.2 Å². The average molecular weight is 360 g/mol. The molecule has 0 spiro atoms. The molecule has 0 aliphatic carbocycles. The maximum Gasteiger partial charge on any atom is 0.253 e. The number of amides is 1. The highest BCUT2D eigenvalue weighted by Crippen LogP contribution is 2.23. The highest BCUT2D eigenvalue weighted by Gasteiger charge is 2.19. The summed E-state index contributed by atoms with van der Waals surface area (Å²) in [4.78, 5) is 12.7. The molecule has 0 heterocycles. The van der Waals surface area contributed by atoms with E-state index in [0.717, 1.165) is 23.8 Å². The minimum Gasteiger partial charge on any atom is -0.345 e. The van der Waals surface area contributed by atoms with Gasteiger partial charge in [0.2, 0.25) is 10.0 Å². The van der Waals surface area contributed by atoms with E-state index in [1.807, 2.05) is 32.9 Å². The number of sulfonamides is 1. The number of carbonyl (C=O) groups excluding carboxylic acids is 1. The third kappa shape index (κ3) is 5.06. The van der Waals surface area contributed by atoms with Crippen LogP contribution in [-0.2, 0) is 10.0 Å². The molecule has 1 atom stereocenters. The summed E-state index contributed by atoms with van der Waals surface area (Å²) in [5.74, 6) is -0.307. The fourth-order valence-electron chi connectivity index (χ4n) is 2.82. The number of benzene rings is 2. The van der Waals surface area contributed by atoms with Crippen molar-refractivity contribution in [3.63, 3.8) is 0 Å². The molecule has 1 amide bonds. The first-order valence-corrected chi connectivity index (χ1v) is 10.0. The number of hydrogen-bond acceptors (Lipinski definition) is 3. The predicted octanol–water partition coefficient (Wildman–Crippen LogP) is 3.56. The maximum absolute atomic E-state index is 12.7. The minimum atomic E-state index is -3.46. The van der Waals surface area contributed by atoms with E-state index >= 15 is 0 Å². The molecule has 2 aromatic rings. The number of nitrogens with one attached hydrogen (secondary N) is 2. The summed E-state index contributed by atoms with van der Waals surface area (Å²) in [6.07, 6.45) is 1.80. The van der Waals surface area contributed by atoms with Gasteiger partial charge in [0.25, 0.3) is 5.91 Å². The highest BCUT2D eigenvalue weighted by molar-refractivity contribution is 7.92. The molecule has 0 aliphatic heterocycles. The zero-order chi connectivity index (χ0) is 18.6. The standard InChI is InChI=1S/C19H24N2O3S/c1-5-17(15-11-10-13(2)12-14(15)3)20-19(22)16-8-6-7-9-18(16)21-25(4,23)24/h6-12,17,21H,5H2,1-4H3,(H,20,22)/t17-/m0/s1. The topological polar surface area (TPSA) is 75.3 Å². The second kappa shape index (κ2) is 7.70. The molecule has 6 heteroatoms. The summed E-state index contributed by atoms with van der Waals surface area (Å²) in [5, 5.41) is 3.01. The van der Waals surface area contributed by atoms with Crippen molar-refractivity contribution in [2.75, 3.05) is 11.0 Å². The lowest BCUT2D eigenvalue weighted by atomic mass is 9.97. The van der Waals surface area contributed by atoms with Crippen molar-refractivity contribution in [1.29, 1.82) is 0 Å². The van der Waals surface area contributed by atoms with Crippen LogP contribution in [0.3, 0.4) is 0 Å². The molecule has 2 rings (SSSR count). The van der Waals surface area contributed by atoms with Crippen molar-refractivity contribution in [2.45, 2.75) is 33.2 Å². The van der Waals surface area contributed by atoms with Gasteiger partial charge in [-0.1, -0.05) is 42.8 Å². The van der Waals surface area contributed by atoms with E-state index in [9.17, 15) is 13.2 Å². The van der Waals surface area contributed by atoms with Gasteiger partial charge >= 0.3 is 0 Å². The van der Waals surface area contributed by atoms with Crippen LogP contribution in [0, 0.1) is 13.8 Å². The van der Waals surface area contributed by atoms with Gasteiger partial charge in [-0.3, -0.25) is 9.52 Å². The Labute approximate surface area is 149 Å². The van der Waals surface area contributed by atoms with Gasteiger partial charge in [0.15, 0.2) is 0 Å². The Balaban J connectivity index is 2.29. The van der Waals surface area contributed by atoms with E-state index in [0.29, 0.717) is 5.56 Å². The molecular weight excluding hydrogens is 336 g/mol. The van der Waals surface area contributed by atoms with Crippen molar-refractivity contribution in [1.82, 2.24) is 5.32 Å². The summed E-state index contributed by atoms with van der Waals surface area (Å²) < 4.78 is 25.4. The smallest absolute Gasteiger partial charge is 0.253 e. The van der Waals surface area contributed by atoms with E-state index < -0.39 is 10.0 Å². The number of anilines is 1. The zero-order valence-electron chi connectivity index (χ0n) is 15.0. The quantitative estimate of drug-likeness (QED) is 0.827. The Morgan fingerprint density at radius 2 is 1.80 bits per heavy atom. The summed E-state index contributed by atoms with van der Waals surface area (Å²) in [6, 6.07) is 12.6. The predicted molar refractivity (Wildman–Crippen MR) is 101 cm³/mol. The Hall–Kier alpha value is -2.34. The van der Waals surface area contributed by atoms with Gasteiger partial charge in [-0.25, -0.2) is 8.42 Å². The van der Waals surface area contributed by atoms with Gasteiger partial charge in [-0.2, -0.15) is 0 Å². The van der Waals surface area contributed by atoms with E-state index in [1.54, 1.807) is 24.3 Å². The van der Waals surface area contributed by atoms with Crippen LogP contribution in [-0.4, -0.2) is 20.6 Å². The van der Waals surface area contributed by atoms with Crippen LogP contribution in [0.1, 0.15) is 46.4 Å². The van der Waals surface area contributed by atoms with E-state index in [4.69, 9.17) is 0 Å². The Bertz CT molecular complexity index is 876. The molecule has 2 N–H and O–H groups in total. The van der Waals surface area contributed by atoms with Crippen molar-refractivity contribution in [3.05, 3.63) is 64.7 Å². The minimum absolute atomic E-state index is 0.139. The molecule has 134 valence electrons. The third-order valence-electron chi connectivity index (χ3n) is 3.98. The van der Waals surface area contributed by atoms with Crippen LogP contribution in [0.15, 0.2) is 42.5 Å². The first-order valence-electron chi connectivity index (χ1n) is 8.16. The Morgan fingerprint density at radius 1 is 1.12 bits per heavy atom. The SMILES string of the molecule is CC[C@H](NC(=O)c1ccccc1NS(C)(=O)=O)c1ccc(C)cc1C. The molecule has 0 aromatic heterocycles. The van der Waals surface area contributed by atoms with Gasteiger partial charge < -0.3 is 5.32 Å². The fourth-order valence-corrected chi connectivity index (χ4v) is 3.40. The van der Waals surface area contributed by atoms with E-state index in [-0.39, 0.29) is 17.6 Å². The van der Waals surface area contributed by atoms with Crippen LogP contribution in [0.5, 0.6) is 0 Å². The van der Waals surface area contributed by atoms with Gasteiger partial charge in [0, 0.05) is 0 Å². The molecule has 0 aliphatic rings. The molecule has 2 aromatic carbocycles. The molecule has 0 saturated heterocycles. The summed E-state index contributed by atoms with van der Waals surface area (Å²) in [5.41, 5.74) is 3.93. The average Bonchev–Trinajstić information content (AvgIpc) is 2.52. The fraction of sp³-hybridized carbons (Fsp3) is 0.316. The molecular formula is C19H24N2O3S. The lowest BCUT2D eigenvalue weighted by Gasteiger charge is -2.21. The van der Waals surface area contributed by atoms with E-state index in [1.165, 1.54) is 5.56 Å². The second-order valence-electron chi connectivity index (χ2n) is 6.21. The Morgan fingerprint density at radius 3 is 2.40 bits per heavy atom. The maximum atomic E-state index is 12.7. The molecule has 25 heavy (non-hydrogen) atoms. The Kier molecular flexibility index (Phi) is 5.85. The normalized spacial score (nSPS) is 12.5. The highest BCUT2D eigenvalue weighted by atomic mass is 32.2. The van der Waals surface area contributed by atoms with Gasteiger partial charge in [-0.05, 0) is 43.5 Å². The van der Waals surface area contributed by atoms with Crippen LogP contribution < -0.4 is 10.0 Å². The second-order valence-corrected chi connectivity index (χ2v) is 7.96. The molecule has 0 saturated carbocycles. The summed E-state index contributed by atoms with van der Waals surface area (Å²) in [6.45, 7) is 6.06. The number of carbonyl (C=O) groups is 1. The van der Waals surface area contributed by atoms with Crippen LogP contribution in [0.4, 0.5) is 5.69 Å². The van der Waals surface area contributed by atoms with Gasteiger partial charge in [0.1, 0.15) is 0 Å². The van der Waals surface area contributed by atoms with Crippen molar-refractivity contribution >= 4 is 21.6 Å². The number of rotatable bonds is 6. The number of para-hydroxylation sites is 1. The van der Waals surface area contributed by atoms with E-state index in [2.05, 4.69) is 16.1 Å². The van der Waals surface area contributed by atoms with Gasteiger partial charge in [-0.15, -0.1) is 0 Å². The molecule has 0 bridgehead atoms. The first kappa shape index (κ1) is 19.0. The summed E-state index contributed by atoms with van der Waals surface area (Å²) in [7, 11) is -3.46. The van der Waals surface area contributed by atoms with Crippen molar-refractivity contribution in [3.8, 4) is 0 Å². The number of hydrogen-bond donors (Lipinski definition) is 2. The monoisotopic (exact) mass is 360 g/mol. The lowest BCUT2D eigenvalue weighted by molar-refractivity contribution is 0.0936.